The number of H-pyrrole nitrogens is 1. The third kappa shape index (κ3) is 3.59. The Kier molecular flexibility index (Phi) is 4.91. The molecule has 7 heteroatoms. The van der Waals surface area contributed by atoms with Crippen molar-refractivity contribution in [1.29, 1.82) is 0 Å². The molecule has 0 aliphatic carbocycles. The molecular weight excluding hydrogens is 348 g/mol. The summed E-state index contributed by atoms with van der Waals surface area (Å²) in [5, 5.41) is 4.04. The molecule has 0 unspecified atom stereocenters. The lowest BCUT2D eigenvalue weighted by atomic mass is 9.95. The maximum absolute atomic E-state index is 12.4. The van der Waals surface area contributed by atoms with Gasteiger partial charge < -0.3 is 14.8 Å². The van der Waals surface area contributed by atoms with Crippen LogP contribution < -0.4 is 5.56 Å². The molecule has 2 aliphatic heterocycles. The molecule has 1 N–H and O–H groups in total. The summed E-state index contributed by atoms with van der Waals surface area (Å²) in [6.45, 7) is 3.08. The molecular formula is C19H24N4O2S. The van der Waals surface area contributed by atoms with E-state index in [0.29, 0.717) is 13.0 Å². The molecule has 0 bridgehead atoms. The summed E-state index contributed by atoms with van der Waals surface area (Å²) in [5.41, 5.74) is 2.86. The lowest BCUT2D eigenvalue weighted by Gasteiger charge is -2.32. The molecule has 2 aromatic heterocycles. The average molecular weight is 372 g/mol. The summed E-state index contributed by atoms with van der Waals surface area (Å²) >= 11 is 1.62. The highest BCUT2D eigenvalue weighted by molar-refractivity contribution is 7.08. The minimum atomic E-state index is 0.00696. The van der Waals surface area contributed by atoms with Crippen molar-refractivity contribution in [1.82, 2.24) is 19.8 Å². The molecule has 4 rings (SSSR count). The van der Waals surface area contributed by atoms with Crippen LogP contribution in [0, 0.1) is 0 Å². The van der Waals surface area contributed by atoms with Gasteiger partial charge in [-0.3, -0.25) is 9.59 Å². The van der Waals surface area contributed by atoms with Gasteiger partial charge in [0.2, 0.25) is 5.91 Å². The molecule has 0 spiro atoms. The van der Waals surface area contributed by atoms with E-state index in [2.05, 4.69) is 9.88 Å². The quantitative estimate of drug-likeness (QED) is 0.892. The van der Waals surface area contributed by atoms with Crippen molar-refractivity contribution in [3.8, 4) is 0 Å². The first kappa shape index (κ1) is 17.4. The largest absolute Gasteiger partial charge is 0.342 e. The van der Waals surface area contributed by atoms with E-state index in [1.807, 2.05) is 28.8 Å². The zero-order chi connectivity index (χ0) is 18.1. The van der Waals surface area contributed by atoms with Gasteiger partial charge in [-0.1, -0.05) is 0 Å². The number of nitrogens with zero attached hydrogens (tertiary/aromatic N) is 3. The normalized spacial score (nSPS) is 18.7. The monoisotopic (exact) mass is 372 g/mol. The van der Waals surface area contributed by atoms with E-state index in [1.165, 1.54) is 0 Å². The molecule has 2 aliphatic rings. The van der Waals surface area contributed by atoms with Crippen LogP contribution in [0.2, 0.25) is 0 Å². The van der Waals surface area contributed by atoms with Crippen molar-refractivity contribution in [2.75, 3.05) is 26.7 Å². The Morgan fingerprint density at radius 3 is 2.88 bits per heavy atom. The number of rotatable bonds is 3. The smallest absolute Gasteiger partial charge is 0.255 e. The Bertz CT molecular complexity index is 838. The maximum Gasteiger partial charge on any atom is 0.255 e. The predicted molar refractivity (Wildman–Crippen MR) is 101 cm³/mol. The van der Waals surface area contributed by atoms with Gasteiger partial charge in [-0.2, -0.15) is 11.3 Å². The Morgan fingerprint density at radius 1 is 1.35 bits per heavy atom. The van der Waals surface area contributed by atoms with Gasteiger partial charge in [0, 0.05) is 38.5 Å². The zero-order valence-corrected chi connectivity index (χ0v) is 15.8. The highest BCUT2D eigenvalue weighted by Crippen LogP contribution is 2.26. The molecule has 1 amide bonds. The fourth-order valence-corrected chi connectivity index (χ4v) is 4.52. The van der Waals surface area contributed by atoms with Crippen molar-refractivity contribution in [2.45, 2.75) is 38.1 Å². The van der Waals surface area contributed by atoms with E-state index < -0.39 is 0 Å². The van der Waals surface area contributed by atoms with E-state index in [4.69, 9.17) is 4.98 Å². The number of likely N-dealkylation sites (N-methyl/N-ethyl adjacent to an activating group) is 1. The lowest BCUT2D eigenvalue weighted by molar-refractivity contribution is -0.131. The standard InChI is InChI=1S/C19H24N4O2S/c1-22-6-4-16-15(11-22)19(25)21-18(20-16)14-2-7-23(8-3-14)17(24)10-13-5-9-26-12-13/h5,9,12,14H,2-4,6-8,10-11H2,1H3,(H,20,21,25). The highest BCUT2D eigenvalue weighted by Gasteiger charge is 2.27. The number of aromatic amines is 1. The first-order valence-corrected chi connectivity index (χ1v) is 10.1. The number of nitrogens with one attached hydrogen (secondary N) is 1. The molecule has 4 heterocycles. The molecule has 0 radical (unpaired) electrons. The molecule has 26 heavy (non-hydrogen) atoms. The fraction of sp³-hybridized carbons (Fsp3) is 0.526. The van der Waals surface area contributed by atoms with E-state index in [9.17, 15) is 9.59 Å². The van der Waals surface area contributed by atoms with E-state index in [0.717, 1.165) is 61.5 Å². The van der Waals surface area contributed by atoms with Gasteiger partial charge >= 0.3 is 0 Å². The molecule has 0 atom stereocenters. The third-order valence-corrected chi connectivity index (χ3v) is 6.18. The summed E-state index contributed by atoms with van der Waals surface area (Å²) in [6.07, 6.45) is 3.03. The zero-order valence-electron chi connectivity index (χ0n) is 15.0. The van der Waals surface area contributed by atoms with Crippen LogP contribution in [-0.4, -0.2) is 52.4 Å². The van der Waals surface area contributed by atoms with E-state index >= 15 is 0 Å². The lowest BCUT2D eigenvalue weighted by Crippen LogP contribution is -2.40. The van der Waals surface area contributed by atoms with Crippen LogP contribution in [0.4, 0.5) is 0 Å². The van der Waals surface area contributed by atoms with Crippen molar-refractivity contribution >= 4 is 17.2 Å². The molecule has 1 fully saturated rings. The Balaban J connectivity index is 1.41. The summed E-state index contributed by atoms with van der Waals surface area (Å²) in [5.74, 6) is 1.23. The molecule has 0 saturated carbocycles. The number of fused-ring (bicyclic) bond motifs is 1. The van der Waals surface area contributed by atoms with Gasteiger partial charge in [-0.05, 0) is 42.3 Å². The van der Waals surface area contributed by atoms with Gasteiger partial charge in [-0.25, -0.2) is 4.98 Å². The van der Waals surface area contributed by atoms with Crippen LogP contribution >= 0.6 is 11.3 Å². The van der Waals surface area contributed by atoms with Gasteiger partial charge in [0.1, 0.15) is 5.82 Å². The Hall–Kier alpha value is -1.99. The summed E-state index contributed by atoms with van der Waals surface area (Å²) in [6, 6.07) is 2.01. The predicted octanol–water partition coefficient (Wildman–Crippen LogP) is 1.77. The number of carbonyl (C=O) groups excluding carboxylic acids is 1. The number of likely N-dealkylation sites (tertiary alicyclic amines) is 1. The van der Waals surface area contributed by atoms with Crippen LogP contribution in [0.5, 0.6) is 0 Å². The second-order valence-corrected chi connectivity index (χ2v) is 8.11. The third-order valence-electron chi connectivity index (χ3n) is 5.45. The molecule has 2 aromatic rings. The van der Waals surface area contributed by atoms with Crippen LogP contribution in [0.15, 0.2) is 21.6 Å². The maximum atomic E-state index is 12.4. The van der Waals surface area contributed by atoms with E-state index in [1.54, 1.807) is 11.3 Å². The molecule has 0 aromatic carbocycles. The summed E-state index contributed by atoms with van der Waals surface area (Å²) < 4.78 is 0. The first-order chi connectivity index (χ1) is 12.6. The van der Waals surface area contributed by atoms with Crippen molar-refractivity contribution in [3.05, 3.63) is 49.8 Å². The number of amides is 1. The SMILES string of the molecule is CN1CCc2nc(C3CCN(C(=O)Cc4ccsc4)CC3)[nH]c(=O)c2C1. The number of hydrogen-bond donors (Lipinski definition) is 1. The number of thiophene rings is 1. The molecule has 1 saturated heterocycles. The number of piperidine rings is 1. The van der Waals surface area contributed by atoms with Gasteiger partial charge in [0.05, 0.1) is 17.7 Å². The number of hydrogen-bond acceptors (Lipinski definition) is 5. The number of carbonyl (C=O) groups is 1. The molecule has 6 nitrogen and oxygen atoms in total. The molecule has 138 valence electrons. The second kappa shape index (κ2) is 7.32. The minimum absolute atomic E-state index is 0.00696. The topological polar surface area (TPSA) is 69.3 Å². The van der Waals surface area contributed by atoms with Crippen LogP contribution in [-0.2, 0) is 24.2 Å². The Morgan fingerprint density at radius 2 is 2.15 bits per heavy atom. The van der Waals surface area contributed by atoms with Crippen LogP contribution in [0.1, 0.15) is 41.4 Å². The highest BCUT2D eigenvalue weighted by atomic mass is 32.1. The Labute approximate surface area is 156 Å². The van der Waals surface area contributed by atoms with Crippen molar-refractivity contribution in [2.24, 2.45) is 0 Å². The fourth-order valence-electron chi connectivity index (χ4n) is 3.85. The minimum Gasteiger partial charge on any atom is -0.342 e. The van der Waals surface area contributed by atoms with Crippen molar-refractivity contribution < 1.29 is 4.79 Å². The van der Waals surface area contributed by atoms with Gasteiger partial charge in [0.15, 0.2) is 0 Å². The van der Waals surface area contributed by atoms with Gasteiger partial charge in [0.25, 0.3) is 5.56 Å². The average Bonchev–Trinajstić information content (AvgIpc) is 3.15. The van der Waals surface area contributed by atoms with Gasteiger partial charge in [-0.15, -0.1) is 0 Å². The van der Waals surface area contributed by atoms with Crippen LogP contribution in [0.25, 0.3) is 0 Å². The second-order valence-electron chi connectivity index (χ2n) is 7.33. The van der Waals surface area contributed by atoms with Crippen LogP contribution in [0.3, 0.4) is 0 Å². The first-order valence-electron chi connectivity index (χ1n) is 9.19. The summed E-state index contributed by atoms with van der Waals surface area (Å²) in [7, 11) is 2.03. The van der Waals surface area contributed by atoms with Crippen molar-refractivity contribution in [3.63, 3.8) is 0 Å². The van der Waals surface area contributed by atoms with E-state index in [-0.39, 0.29) is 17.4 Å². The number of aromatic nitrogens is 2. The summed E-state index contributed by atoms with van der Waals surface area (Å²) in [4.78, 5) is 36.8.